The Balaban J connectivity index is 0. The lowest BCUT2D eigenvalue weighted by Crippen LogP contribution is -2.22. The molecule has 0 bridgehead atoms. The Bertz CT molecular complexity index is 323. The molecule has 2 nitrogen and oxygen atoms in total. The third-order valence-electron chi connectivity index (χ3n) is 1.69. The lowest BCUT2D eigenvalue weighted by atomic mass is 10.1. The Hall–Kier alpha value is -0.490. The van der Waals surface area contributed by atoms with Crippen molar-refractivity contribution < 1.29 is 13.2 Å². The molecule has 0 aromatic heterocycles. The smallest absolute Gasteiger partial charge is 0.161 e. The number of hydrogen-bond donors (Lipinski definition) is 2. The molecule has 0 heterocycles. The molecule has 0 radical (unpaired) electrons. The van der Waals surface area contributed by atoms with Gasteiger partial charge in [0.15, 0.2) is 11.6 Å². The monoisotopic (exact) mass is 262 g/mol. The summed E-state index contributed by atoms with van der Waals surface area (Å²) < 4.78 is 38.0. The second-order valence-corrected chi connectivity index (χ2v) is 2.63. The van der Waals surface area contributed by atoms with E-state index in [-0.39, 0.29) is 36.9 Å². The molecule has 1 rings (SSSR count). The van der Waals surface area contributed by atoms with Crippen molar-refractivity contribution in [2.45, 2.75) is 6.04 Å². The summed E-state index contributed by atoms with van der Waals surface area (Å²) in [6, 6.07) is 0.373. The van der Waals surface area contributed by atoms with Gasteiger partial charge in [-0.3, -0.25) is 0 Å². The molecular weight excluding hydrogens is 252 g/mol. The van der Waals surface area contributed by atoms with Crippen LogP contribution in [-0.2, 0) is 0 Å². The lowest BCUT2D eigenvalue weighted by molar-refractivity contribution is 0.485. The van der Waals surface area contributed by atoms with Gasteiger partial charge in [0.2, 0.25) is 0 Å². The van der Waals surface area contributed by atoms with Crippen LogP contribution < -0.4 is 11.5 Å². The minimum absolute atomic E-state index is 0. The molecule has 88 valence electrons. The number of nitrogens with two attached hydrogens (primary N) is 2. The van der Waals surface area contributed by atoms with Gasteiger partial charge in [-0.15, -0.1) is 24.8 Å². The summed E-state index contributed by atoms with van der Waals surface area (Å²) in [5.74, 6) is -3.23. The lowest BCUT2D eigenvalue weighted by Gasteiger charge is -2.10. The Morgan fingerprint density at radius 3 is 1.93 bits per heavy atom. The molecule has 0 unspecified atom stereocenters. The molecule has 7 heteroatoms. The van der Waals surface area contributed by atoms with Gasteiger partial charge >= 0.3 is 0 Å². The number of benzene rings is 1. The van der Waals surface area contributed by atoms with Crippen molar-refractivity contribution >= 4 is 24.8 Å². The van der Waals surface area contributed by atoms with Crippen LogP contribution in [0, 0.1) is 17.5 Å². The first-order valence-electron chi connectivity index (χ1n) is 3.66. The number of halogens is 5. The standard InChI is InChI=1S/C8H9F3N2.2ClH/c9-5-2-7(11)6(10)1-4(5)8(13)3-12;;/h1-2,8H,3,12-13H2;2*1H/t8-;;/m1../s1. The Morgan fingerprint density at radius 1 is 1.00 bits per heavy atom. The Kier molecular flexibility index (Phi) is 7.78. The van der Waals surface area contributed by atoms with Gasteiger partial charge in [0.1, 0.15) is 5.82 Å². The quantitative estimate of drug-likeness (QED) is 0.801. The van der Waals surface area contributed by atoms with Crippen LogP contribution in [0.4, 0.5) is 13.2 Å². The predicted molar refractivity (Wildman–Crippen MR) is 56.8 cm³/mol. The fraction of sp³-hybridized carbons (Fsp3) is 0.250. The van der Waals surface area contributed by atoms with Crippen LogP contribution in [0.3, 0.4) is 0 Å². The summed E-state index contributed by atoms with van der Waals surface area (Å²) in [5.41, 5.74) is 10.4. The molecule has 0 saturated heterocycles. The van der Waals surface area contributed by atoms with Crippen molar-refractivity contribution in [2.24, 2.45) is 11.5 Å². The van der Waals surface area contributed by atoms with E-state index in [0.29, 0.717) is 6.07 Å². The molecule has 0 aliphatic rings. The molecule has 0 aliphatic heterocycles. The fourth-order valence-electron chi connectivity index (χ4n) is 0.949. The van der Waals surface area contributed by atoms with Gasteiger partial charge in [-0.2, -0.15) is 0 Å². The van der Waals surface area contributed by atoms with Gasteiger partial charge in [-0.1, -0.05) is 0 Å². The second kappa shape index (κ2) is 6.90. The first kappa shape index (κ1) is 16.9. The summed E-state index contributed by atoms with van der Waals surface area (Å²) >= 11 is 0. The first-order chi connectivity index (χ1) is 6.06. The van der Waals surface area contributed by atoms with Crippen LogP contribution in [0.5, 0.6) is 0 Å². The molecule has 15 heavy (non-hydrogen) atoms. The molecule has 0 spiro atoms. The van der Waals surface area contributed by atoms with Gasteiger partial charge in [-0.25, -0.2) is 13.2 Å². The van der Waals surface area contributed by atoms with Gasteiger partial charge < -0.3 is 11.5 Å². The minimum Gasteiger partial charge on any atom is -0.329 e. The SMILES string of the molecule is Cl.Cl.NC[C@@H](N)c1cc(F)c(F)cc1F. The highest BCUT2D eigenvalue weighted by Gasteiger charge is 2.14. The zero-order valence-electron chi connectivity index (χ0n) is 7.54. The second-order valence-electron chi connectivity index (χ2n) is 2.63. The first-order valence-corrected chi connectivity index (χ1v) is 3.66. The van der Waals surface area contributed by atoms with E-state index in [0.717, 1.165) is 6.07 Å². The van der Waals surface area contributed by atoms with Gasteiger partial charge in [-0.05, 0) is 6.07 Å². The molecular formula is C8H11Cl2F3N2. The molecule has 1 atom stereocenters. The van der Waals surface area contributed by atoms with Crippen molar-refractivity contribution in [2.75, 3.05) is 6.54 Å². The Morgan fingerprint density at radius 2 is 1.47 bits per heavy atom. The summed E-state index contributed by atoms with van der Waals surface area (Å²) in [6.45, 7) is -0.0258. The van der Waals surface area contributed by atoms with Crippen LogP contribution in [-0.4, -0.2) is 6.54 Å². The fourth-order valence-corrected chi connectivity index (χ4v) is 0.949. The Labute approximate surface area is 97.6 Å². The van der Waals surface area contributed by atoms with Crippen LogP contribution in [0.1, 0.15) is 11.6 Å². The summed E-state index contributed by atoms with van der Waals surface area (Å²) in [4.78, 5) is 0. The molecule has 0 saturated carbocycles. The maximum absolute atomic E-state index is 12.9. The van der Waals surface area contributed by atoms with Gasteiger partial charge in [0.25, 0.3) is 0 Å². The zero-order chi connectivity index (χ0) is 10.0. The predicted octanol–water partition coefficient (Wildman–Crippen LogP) is 1.91. The maximum atomic E-state index is 12.9. The largest absolute Gasteiger partial charge is 0.329 e. The molecule has 1 aromatic rings. The van der Waals surface area contributed by atoms with Crippen LogP contribution in [0.25, 0.3) is 0 Å². The summed E-state index contributed by atoms with van der Waals surface area (Å²) in [6.07, 6.45) is 0. The summed E-state index contributed by atoms with van der Waals surface area (Å²) in [7, 11) is 0. The van der Waals surface area contributed by atoms with Gasteiger partial charge in [0.05, 0.1) is 0 Å². The molecule has 1 aromatic carbocycles. The molecule has 4 N–H and O–H groups in total. The third kappa shape index (κ3) is 3.87. The number of hydrogen-bond acceptors (Lipinski definition) is 2. The maximum Gasteiger partial charge on any atom is 0.161 e. The molecule has 0 fully saturated rings. The highest BCUT2D eigenvalue weighted by atomic mass is 35.5. The molecule has 0 amide bonds. The van der Waals surface area contributed by atoms with E-state index < -0.39 is 23.5 Å². The van der Waals surface area contributed by atoms with Crippen molar-refractivity contribution in [3.63, 3.8) is 0 Å². The van der Waals surface area contributed by atoms with Crippen molar-refractivity contribution in [1.29, 1.82) is 0 Å². The highest BCUT2D eigenvalue weighted by Crippen LogP contribution is 2.18. The topological polar surface area (TPSA) is 52.0 Å². The van der Waals surface area contributed by atoms with Crippen molar-refractivity contribution in [1.82, 2.24) is 0 Å². The van der Waals surface area contributed by atoms with Gasteiger partial charge in [0, 0.05) is 24.2 Å². The van der Waals surface area contributed by atoms with Crippen LogP contribution in [0.15, 0.2) is 12.1 Å². The van der Waals surface area contributed by atoms with E-state index in [1.165, 1.54) is 0 Å². The highest BCUT2D eigenvalue weighted by molar-refractivity contribution is 5.85. The normalized spacial score (nSPS) is 11.3. The van der Waals surface area contributed by atoms with E-state index >= 15 is 0 Å². The van der Waals surface area contributed by atoms with Crippen LogP contribution >= 0.6 is 24.8 Å². The van der Waals surface area contributed by atoms with E-state index in [9.17, 15) is 13.2 Å². The van der Waals surface area contributed by atoms with E-state index in [2.05, 4.69) is 0 Å². The van der Waals surface area contributed by atoms with E-state index in [4.69, 9.17) is 11.5 Å². The average Bonchev–Trinajstić information content (AvgIpc) is 2.10. The van der Waals surface area contributed by atoms with E-state index in [1.807, 2.05) is 0 Å². The minimum atomic E-state index is -1.23. The van der Waals surface area contributed by atoms with Crippen molar-refractivity contribution in [3.05, 3.63) is 35.1 Å². The molecule has 0 aliphatic carbocycles. The third-order valence-corrected chi connectivity index (χ3v) is 1.69. The van der Waals surface area contributed by atoms with E-state index in [1.54, 1.807) is 0 Å². The number of rotatable bonds is 2. The summed E-state index contributed by atoms with van der Waals surface area (Å²) in [5, 5.41) is 0. The zero-order valence-corrected chi connectivity index (χ0v) is 9.18. The van der Waals surface area contributed by atoms with Crippen molar-refractivity contribution in [3.8, 4) is 0 Å². The van der Waals surface area contributed by atoms with Crippen LogP contribution in [0.2, 0.25) is 0 Å². The average molecular weight is 263 g/mol.